The molecule has 0 bridgehead atoms. The summed E-state index contributed by atoms with van der Waals surface area (Å²) in [5.41, 5.74) is -6.17. The van der Waals surface area contributed by atoms with Crippen molar-refractivity contribution in [3.8, 4) is 11.5 Å². The van der Waals surface area contributed by atoms with Crippen molar-refractivity contribution in [3.05, 3.63) is 95.6 Å². The van der Waals surface area contributed by atoms with Crippen molar-refractivity contribution >= 4 is 0 Å². The minimum absolute atomic E-state index is 0.0205. The maximum absolute atomic E-state index is 15.7. The molecule has 2 aromatic heterocycles. The first-order chi connectivity index (χ1) is 16.9. The molecule has 2 heterocycles. The summed E-state index contributed by atoms with van der Waals surface area (Å²) < 4.78 is 103. The first-order valence-corrected chi connectivity index (χ1v) is 9.98. The molecular weight excluding hydrogens is 499 g/mol. The van der Waals surface area contributed by atoms with Gasteiger partial charge in [0.05, 0.1) is 18.3 Å². The summed E-state index contributed by atoms with van der Waals surface area (Å²) >= 11 is 0. The Kier molecular flexibility index (Phi) is 6.39. The van der Waals surface area contributed by atoms with Crippen LogP contribution in [0.1, 0.15) is 16.8 Å². The van der Waals surface area contributed by atoms with Crippen LogP contribution in [0.4, 0.5) is 30.7 Å². The first-order valence-electron chi connectivity index (χ1n) is 9.98. The number of hydrogen-bond donors (Lipinski definition) is 1. The Labute approximate surface area is 197 Å². The Balaban J connectivity index is 1.65. The molecule has 0 fully saturated rings. The van der Waals surface area contributed by atoms with Crippen LogP contribution in [-0.2, 0) is 24.2 Å². The molecule has 0 spiro atoms. The smallest absolute Gasteiger partial charge is 0.416 e. The Hall–Kier alpha value is -4.07. The zero-order valence-electron chi connectivity index (χ0n) is 17.8. The van der Waals surface area contributed by atoms with Gasteiger partial charge in [-0.2, -0.15) is 22.0 Å². The van der Waals surface area contributed by atoms with Gasteiger partial charge in [0.25, 0.3) is 0 Å². The van der Waals surface area contributed by atoms with Crippen LogP contribution in [0.2, 0.25) is 0 Å². The van der Waals surface area contributed by atoms with E-state index in [9.17, 15) is 27.1 Å². The summed E-state index contributed by atoms with van der Waals surface area (Å²) in [6, 6.07) is 7.16. The molecule has 1 atom stereocenters. The van der Waals surface area contributed by atoms with Crippen molar-refractivity contribution in [2.45, 2.75) is 24.2 Å². The molecule has 0 amide bonds. The predicted octanol–water partition coefficient (Wildman–Crippen LogP) is 4.84. The first kappa shape index (κ1) is 25.0. The van der Waals surface area contributed by atoms with Gasteiger partial charge in [-0.3, -0.25) is 4.98 Å². The van der Waals surface area contributed by atoms with E-state index in [1.807, 2.05) is 0 Å². The number of ether oxygens (including phenoxy) is 1. The molecule has 0 radical (unpaired) electrons. The topological polar surface area (TPSA) is 86.0 Å². The summed E-state index contributed by atoms with van der Waals surface area (Å²) in [4.78, 5) is 3.60. The molecule has 14 heteroatoms. The van der Waals surface area contributed by atoms with E-state index in [-0.39, 0.29) is 11.5 Å². The molecule has 2 aromatic carbocycles. The lowest BCUT2D eigenvalue weighted by atomic mass is 9.84. The zero-order valence-corrected chi connectivity index (χ0v) is 17.8. The van der Waals surface area contributed by atoms with Crippen LogP contribution in [0.3, 0.4) is 0 Å². The standard InChI is InChI=1S/C22H14F7N5O2/c23-14-3-7-17(18(24)9-14)20(35,11-34-12-31-32-33-34)21(25,26)19-8-6-16(10-30-19)36-15-4-1-13(2-5-15)22(27,28)29/h1-10,12,35H,11H2. The van der Waals surface area contributed by atoms with Gasteiger partial charge in [0.1, 0.15) is 35.2 Å². The van der Waals surface area contributed by atoms with Gasteiger partial charge in [0.2, 0.25) is 0 Å². The molecule has 0 saturated carbocycles. The molecule has 36 heavy (non-hydrogen) atoms. The summed E-state index contributed by atoms with van der Waals surface area (Å²) in [6.45, 7) is -1.03. The van der Waals surface area contributed by atoms with Gasteiger partial charge in [-0.05, 0) is 59.0 Å². The van der Waals surface area contributed by atoms with Crippen LogP contribution >= 0.6 is 0 Å². The Morgan fingerprint density at radius 3 is 2.14 bits per heavy atom. The highest BCUT2D eigenvalue weighted by molar-refractivity contribution is 5.35. The van der Waals surface area contributed by atoms with Crippen LogP contribution in [0.25, 0.3) is 0 Å². The van der Waals surface area contributed by atoms with E-state index in [1.54, 1.807) is 0 Å². The second-order valence-corrected chi connectivity index (χ2v) is 7.57. The van der Waals surface area contributed by atoms with E-state index in [4.69, 9.17) is 4.74 Å². The molecule has 7 nitrogen and oxygen atoms in total. The number of aliphatic hydroxyl groups is 1. The molecule has 1 unspecified atom stereocenters. The third-order valence-corrected chi connectivity index (χ3v) is 5.15. The highest BCUT2D eigenvalue weighted by Crippen LogP contribution is 2.47. The minimum atomic E-state index is -4.55. The van der Waals surface area contributed by atoms with Crippen molar-refractivity contribution in [3.63, 3.8) is 0 Å². The molecule has 4 rings (SSSR count). The van der Waals surface area contributed by atoms with Gasteiger partial charge in [-0.15, -0.1) is 5.10 Å². The van der Waals surface area contributed by atoms with E-state index in [2.05, 4.69) is 20.5 Å². The average molecular weight is 513 g/mol. The molecule has 0 aliphatic carbocycles. The van der Waals surface area contributed by atoms with Crippen molar-refractivity contribution < 1.29 is 40.6 Å². The molecule has 1 N–H and O–H groups in total. The SMILES string of the molecule is OC(Cn1cnnn1)(c1ccc(F)cc1F)C(F)(F)c1ccc(Oc2ccc(C(F)(F)F)cc2)cn1. The number of hydrogen-bond acceptors (Lipinski definition) is 6. The fraction of sp³-hybridized carbons (Fsp3) is 0.182. The van der Waals surface area contributed by atoms with E-state index in [0.29, 0.717) is 18.2 Å². The van der Waals surface area contributed by atoms with Gasteiger partial charge in [0.15, 0.2) is 5.60 Å². The molecular formula is C22H14F7N5O2. The van der Waals surface area contributed by atoms with E-state index < -0.39 is 52.7 Å². The highest BCUT2D eigenvalue weighted by Gasteiger charge is 2.58. The van der Waals surface area contributed by atoms with Crippen LogP contribution in [-0.4, -0.2) is 30.3 Å². The van der Waals surface area contributed by atoms with Crippen molar-refractivity contribution in [2.75, 3.05) is 0 Å². The van der Waals surface area contributed by atoms with Crippen molar-refractivity contribution in [1.29, 1.82) is 0 Å². The third kappa shape index (κ3) is 4.84. The average Bonchev–Trinajstić information content (AvgIpc) is 3.32. The number of aromatic nitrogens is 5. The Morgan fingerprint density at radius 1 is 0.889 bits per heavy atom. The number of halogens is 7. The van der Waals surface area contributed by atoms with Crippen LogP contribution in [0, 0.1) is 11.6 Å². The summed E-state index contributed by atoms with van der Waals surface area (Å²) in [5.74, 6) is -6.89. The van der Waals surface area contributed by atoms with Crippen LogP contribution in [0.15, 0.2) is 67.1 Å². The van der Waals surface area contributed by atoms with Crippen LogP contribution in [0.5, 0.6) is 11.5 Å². The maximum atomic E-state index is 15.7. The Morgan fingerprint density at radius 2 is 1.58 bits per heavy atom. The summed E-state index contributed by atoms with van der Waals surface area (Å²) in [6.07, 6.45) is -2.79. The van der Waals surface area contributed by atoms with Gasteiger partial charge >= 0.3 is 12.1 Å². The quantitative estimate of drug-likeness (QED) is 0.356. The predicted molar refractivity (Wildman–Crippen MR) is 108 cm³/mol. The number of tetrazole rings is 1. The van der Waals surface area contributed by atoms with Crippen molar-refractivity contribution in [1.82, 2.24) is 25.2 Å². The lowest BCUT2D eigenvalue weighted by molar-refractivity contribution is -0.207. The largest absolute Gasteiger partial charge is 0.456 e. The minimum Gasteiger partial charge on any atom is -0.456 e. The van der Waals surface area contributed by atoms with E-state index >= 15 is 8.78 Å². The normalized spacial score (nSPS) is 13.9. The fourth-order valence-corrected chi connectivity index (χ4v) is 3.35. The van der Waals surface area contributed by atoms with Gasteiger partial charge < -0.3 is 9.84 Å². The summed E-state index contributed by atoms with van der Waals surface area (Å²) in [5, 5.41) is 21.1. The van der Waals surface area contributed by atoms with Crippen LogP contribution < -0.4 is 4.74 Å². The molecule has 188 valence electrons. The van der Waals surface area contributed by atoms with E-state index in [1.165, 1.54) is 0 Å². The molecule has 4 aromatic rings. The van der Waals surface area contributed by atoms with Gasteiger partial charge in [-0.1, -0.05) is 0 Å². The summed E-state index contributed by atoms with van der Waals surface area (Å²) in [7, 11) is 0. The second-order valence-electron chi connectivity index (χ2n) is 7.57. The third-order valence-electron chi connectivity index (χ3n) is 5.15. The highest BCUT2D eigenvalue weighted by atomic mass is 19.4. The number of rotatable bonds is 7. The Bertz CT molecular complexity index is 1330. The molecule has 0 aliphatic rings. The van der Waals surface area contributed by atoms with E-state index in [0.717, 1.165) is 53.6 Å². The monoisotopic (exact) mass is 513 g/mol. The number of benzene rings is 2. The zero-order chi connectivity index (χ0) is 26.1. The fourth-order valence-electron chi connectivity index (χ4n) is 3.35. The maximum Gasteiger partial charge on any atom is 0.416 e. The number of alkyl halides is 5. The molecule has 0 aliphatic heterocycles. The second kappa shape index (κ2) is 9.18. The van der Waals surface area contributed by atoms with Gasteiger partial charge in [0, 0.05) is 11.6 Å². The number of nitrogens with zero attached hydrogens (tertiary/aromatic N) is 5. The molecule has 0 saturated heterocycles. The lowest BCUT2D eigenvalue weighted by Crippen LogP contribution is -2.48. The number of pyridine rings is 1. The van der Waals surface area contributed by atoms with Crippen molar-refractivity contribution in [2.24, 2.45) is 0 Å². The lowest BCUT2D eigenvalue weighted by Gasteiger charge is -2.35. The van der Waals surface area contributed by atoms with Gasteiger partial charge in [-0.25, -0.2) is 13.5 Å².